The zero-order valence-electron chi connectivity index (χ0n) is 17.3. The van der Waals surface area contributed by atoms with Gasteiger partial charge in [-0.2, -0.15) is 0 Å². The molecule has 9 heteroatoms. The summed E-state index contributed by atoms with van der Waals surface area (Å²) in [6.07, 6.45) is 5.97. The van der Waals surface area contributed by atoms with Crippen LogP contribution in [0.15, 0.2) is 39.1 Å². The van der Waals surface area contributed by atoms with Crippen molar-refractivity contribution in [3.63, 3.8) is 0 Å². The summed E-state index contributed by atoms with van der Waals surface area (Å²) >= 11 is 6.32. The predicted molar refractivity (Wildman–Crippen MR) is 127 cm³/mol. The van der Waals surface area contributed by atoms with Gasteiger partial charge in [0.15, 0.2) is 5.13 Å². The summed E-state index contributed by atoms with van der Waals surface area (Å²) in [4.78, 5) is 32.7. The minimum Gasteiger partial charge on any atom is -0.481 e. The number of amides is 2. The first-order valence-corrected chi connectivity index (χ1v) is 12.4. The van der Waals surface area contributed by atoms with E-state index in [0.717, 1.165) is 40.1 Å². The molecule has 1 aromatic heterocycles. The summed E-state index contributed by atoms with van der Waals surface area (Å²) in [5.74, 6) is -0.386. The second-order valence-corrected chi connectivity index (χ2v) is 11.3. The van der Waals surface area contributed by atoms with Gasteiger partial charge in [0.05, 0.1) is 15.8 Å². The molecule has 0 spiro atoms. The van der Waals surface area contributed by atoms with Crippen LogP contribution >= 0.6 is 39.0 Å². The highest BCUT2D eigenvalue weighted by Gasteiger charge is 2.32. The molecule has 1 aromatic carbocycles. The van der Waals surface area contributed by atoms with Crippen molar-refractivity contribution in [3.8, 4) is 0 Å². The maximum absolute atomic E-state index is 13.5. The van der Waals surface area contributed by atoms with Gasteiger partial charge in [0.25, 0.3) is 0 Å². The van der Waals surface area contributed by atoms with E-state index in [1.54, 1.807) is 32.0 Å². The summed E-state index contributed by atoms with van der Waals surface area (Å²) in [5, 5.41) is 9.90. The third-order valence-electron chi connectivity index (χ3n) is 5.20. The zero-order valence-corrected chi connectivity index (χ0v) is 20.5. The minimum absolute atomic E-state index is 0.0963. The molecule has 1 saturated carbocycles. The number of thiazole rings is 1. The van der Waals surface area contributed by atoms with Crippen LogP contribution in [0.1, 0.15) is 39.5 Å². The Morgan fingerprint density at radius 1 is 1.27 bits per heavy atom. The molecule has 0 saturated heterocycles. The van der Waals surface area contributed by atoms with Gasteiger partial charge < -0.3 is 5.11 Å². The summed E-state index contributed by atoms with van der Waals surface area (Å²) < 4.78 is 1.87. The number of carboxylic acids is 1. The van der Waals surface area contributed by atoms with E-state index in [1.807, 2.05) is 29.2 Å². The van der Waals surface area contributed by atoms with Crippen LogP contribution in [0.4, 0.5) is 15.6 Å². The third-order valence-corrected chi connectivity index (χ3v) is 8.46. The molecule has 0 aliphatic heterocycles. The average Bonchev–Trinajstić information content (AvgIpc) is 3.39. The Bertz CT molecular complexity index is 895. The Balaban J connectivity index is 1.76. The second kappa shape index (κ2) is 9.70. The van der Waals surface area contributed by atoms with Crippen molar-refractivity contribution in [2.45, 2.75) is 49.8 Å². The number of aliphatic carboxylic acids is 1. The monoisotopic (exact) mass is 511 g/mol. The van der Waals surface area contributed by atoms with E-state index >= 15 is 0 Å². The van der Waals surface area contributed by atoms with Crippen LogP contribution in [0.25, 0.3) is 0 Å². The fraction of sp³-hybridized carbons (Fsp3) is 0.476. The topological polar surface area (TPSA) is 73.7 Å². The molecule has 0 radical (unpaired) electrons. The van der Waals surface area contributed by atoms with Gasteiger partial charge in [0.1, 0.15) is 0 Å². The molecule has 0 unspecified atom stereocenters. The van der Waals surface area contributed by atoms with Crippen LogP contribution in [0.3, 0.4) is 0 Å². The maximum atomic E-state index is 13.5. The van der Waals surface area contributed by atoms with E-state index in [2.05, 4.69) is 20.9 Å². The Hall–Kier alpha value is -1.58. The van der Waals surface area contributed by atoms with Gasteiger partial charge in [-0.05, 0) is 51.0 Å². The molecular formula is C21H26BrN3O3S2. The van der Waals surface area contributed by atoms with Gasteiger partial charge in [-0.3, -0.25) is 14.6 Å². The van der Waals surface area contributed by atoms with Crippen LogP contribution in [-0.4, -0.2) is 40.9 Å². The van der Waals surface area contributed by atoms with Gasteiger partial charge in [0.2, 0.25) is 0 Å². The lowest BCUT2D eigenvalue weighted by Gasteiger charge is -2.32. The number of thioether (sulfide) groups is 1. The fourth-order valence-electron chi connectivity index (χ4n) is 3.27. The number of nitrogens with zero attached hydrogens (tertiary/aromatic N) is 3. The van der Waals surface area contributed by atoms with Gasteiger partial charge in [-0.1, -0.05) is 40.1 Å². The predicted octanol–water partition coefficient (Wildman–Crippen LogP) is 6.11. The number of hydrogen-bond donors (Lipinski definition) is 1. The molecule has 2 aromatic rings. The molecule has 1 N–H and O–H groups in total. The number of hydrogen-bond acceptors (Lipinski definition) is 5. The minimum atomic E-state index is -0.825. The van der Waals surface area contributed by atoms with Crippen LogP contribution < -0.4 is 9.80 Å². The molecule has 1 aliphatic carbocycles. The number of rotatable bonds is 7. The molecule has 1 aliphatic rings. The first kappa shape index (κ1) is 23.1. The number of carbonyl (C=O) groups is 2. The van der Waals surface area contributed by atoms with Crippen molar-refractivity contribution in [1.29, 1.82) is 0 Å². The molecule has 1 fully saturated rings. The molecule has 0 atom stereocenters. The van der Waals surface area contributed by atoms with Crippen LogP contribution in [0.2, 0.25) is 0 Å². The van der Waals surface area contributed by atoms with Crippen LogP contribution in [-0.2, 0) is 4.79 Å². The number of carboxylic acid groups (broad SMARTS) is 1. The Labute approximate surface area is 193 Å². The Morgan fingerprint density at radius 3 is 2.50 bits per heavy atom. The lowest BCUT2D eigenvalue weighted by atomic mass is 9.97. The highest BCUT2D eigenvalue weighted by atomic mass is 79.9. The molecular weight excluding hydrogens is 486 g/mol. The van der Waals surface area contributed by atoms with E-state index in [4.69, 9.17) is 0 Å². The number of urea groups is 1. The lowest BCUT2D eigenvalue weighted by molar-refractivity contribution is -0.145. The van der Waals surface area contributed by atoms with Gasteiger partial charge in [-0.25, -0.2) is 9.78 Å². The molecule has 1 heterocycles. The first-order valence-electron chi connectivity index (χ1n) is 9.83. The number of halogens is 1. The van der Waals surface area contributed by atoms with E-state index < -0.39 is 11.4 Å². The summed E-state index contributed by atoms with van der Waals surface area (Å²) in [6.45, 7) is 3.41. The van der Waals surface area contributed by atoms with Crippen molar-refractivity contribution < 1.29 is 14.7 Å². The van der Waals surface area contributed by atoms with Crippen molar-refractivity contribution >= 4 is 61.8 Å². The summed E-state index contributed by atoms with van der Waals surface area (Å²) in [7, 11) is 1.75. The summed E-state index contributed by atoms with van der Waals surface area (Å²) in [6, 6.07) is 7.92. The van der Waals surface area contributed by atoms with Crippen molar-refractivity contribution in [1.82, 2.24) is 4.98 Å². The maximum Gasteiger partial charge on any atom is 0.330 e. The molecule has 2 amide bonds. The van der Waals surface area contributed by atoms with E-state index in [0.29, 0.717) is 10.9 Å². The molecule has 30 heavy (non-hydrogen) atoms. The largest absolute Gasteiger partial charge is 0.481 e. The van der Waals surface area contributed by atoms with Crippen LogP contribution in [0, 0.1) is 5.41 Å². The van der Waals surface area contributed by atoms with E-state index in [1.165, 1.54) is 23.1 Å². The van der Waals surface area contributed by atoms with E-state index in [-0.39, 0.29) is 12.1 Å². The average molecular weight is 512 g/mol. The fourth-order valence-corrected chi connectivity index (χ4v) is 5.53. The molecule has 0 bridgehead atoms. The van der Waals surface area contributed by atoms with Gasteiger partial charge in [-0.15, -0.1) is 11.8 Å². The SMILES string of the molecule is CN(C(=O)N(c1ccc(Br)cc1)C1CCCC1)c1ncc(SCC(C)(C)C(=O)O)s1. The van der Waals surface area contributed by atoms with Gasteiger partial charge in [0, 0.05) is 29.0 Å². The number of carbonyl (C=O) groups excluding carboxylic acids is 1. The Morgan fingerprint density at radius 2 is 1.90 bits per heavy atom. The second-order valence-electron chi connectivity index (χ2n) is 8.07. The highest BCUT2D eigenvalue weighted by Crippen LogP contribution is 2.36. The smallest absolute Gasteiger partial charge is 0.330 e. The van der Waals surface area contributed by atoms with Crippen LogP contribution in [0.5, 0.6) is 0 Å². The third kappa shape index (κ3) is 5.36. The van der Waals surface area contributed by atoms with Crippen molar-refractivity contribution in [2.24, 2.45) is 5.41 Å². The van der Waals surface area contributed by atoms with E-state index in [9.17, 15) is 14.7 Å². The van der Waals surface area contributed by atoms with Crippen molar-refractivity contribution in [3.05, 3.63) is 34.9 Å². The molecule has 162 valence electrons. The number of aromatic nitrogens is 1. The standard InChI is InChI=1S/C21H26BrN3O3S2/c1-21(2,18(26)27)13-29-17-12-23-19(30-17)24(3)20(28)25(15-6-4-5-7-15)16-10-8-14(22)9-11-16/h8-12,15H,4-7,13H2,1-3H3,(H,26,27). The zero-order chi connectivity index (χ0) is 21.9. The molecule has 3 rings (SSSR count). The highest BCUT2D eigenvalue weighted by molar-refractivity contribution is 9.10. The van der Waals surface area contributed by atoms with Gasteiger partial charge >= 0.3 is 12.0 Å². The molecule has 6 nitrogen and oxygen atoms in total. The Kier molecular flexibility index (Phi) is 7.47. The summed E-state index contributed by atoms with van der Waals surface area (Å²) in [5.41, 5.74) is 0.0634. The number of anilines is 2. The lowest BCUT2D eigenvalue weighted by Crippen LogP contribution is -2.46. The number of benzene rings is 1. The first-order chi connectivity index (χ1) is 14.2. The normalized spacial score (nSPS) is 14.7. The van der Waals surface area contributed by atoms with Crippen molar-refractivity contribution in [2.75, 3.05) is 22.6 Å². The quantitative estimate of drug-likeness (QED) is 0.453.